The summed E-state index contributed by atoms with van der Waals surface area (Å²) in [6.45, 7) is 16.4. The third-order valence-electron chi connectivity index (χ3n) is 17.6. The van der Waals surface area contributed by atoms with Gasteiger partial charge in [-0.2, -0.15) is 0 Å². The number of para-hydroxylation sites is 4. The van der Waals surface area contributed by atoms with E-state index < -0.39 is 0 Å². The molecule has 0 bridgehead atoms. The number of rotatable bonds is 9. The van der Waals surface area contributed by atoms with Crippen molar-refractivity contribution in [3.05, 3.63) is 301 Å². The zero-order valence-corrected chi connectivity index (χ0v) is 47.9. The van der Waals surface area contributed by atoms with Crippen LogP contribution in [0.2, 0.25) is 0 Å². The molecule has 2 nitrogen and oxygen atoms in total. The highest BCUT2D eigenvalue weighted by atomic mass is 15.1. The van der Waals surface area contributed by atoms with Crippen LogP contribution in [0.25, 0.3) is 93.9 Å². The van der Waals surface area contributed by atoms with Gasteiger partial charge in [-0.25, -0.2) is 0 Å². The number of nitrogens with zero attached hydrogens (tertiary/aromatic N) is 2. The molecule has 2 heteroatoms. The highest BCUT2D eigenvalue weighted by Crippen LogP contribution is 2.54. The van der Waals surface area contributed by atoms with Crippen LogP contribution in [0.15, 0.2) is 273 Å². The lowest BCUT2D eigenvalue weighted by atomic mass is 9.74. The van der Waals surface area contributed by atoms with Gasteiger partial charge < -0.3 is 9.47 Å². The van der Waals surface area contributed by atoms with Gasteiger partial charge in [-0.15, -0.1) is 0 Å². The Morgan fingerprint density at radius 3 is 1.57 bits per heavy atom. The van der Waals surface area contributed by atoms with E-state index in [1.54, 1.807) is 0 Å². The highest BCUT2D eigenvalue weighted by molar-refractivity contribution is 6.14. The first kappa shape index (κ1) is 50.7. The number of anilines is 3. The Hall–Kier alpha value is -9.50. The first-order chi connectivity index (χ1) is 39.8. The van der Waals surface area contributed by atoms with Crippen molar-refractivity contribution in [3.8, 4) is 61.3 Å². The van der Waals surface area contributed by atoms with E-state index in [0.29, 0.717) is 0 Å². The summed E-state index contributed by atoms with van der Waals surface area (Å²) in [5.41, 5.74) is 25.3. The molecule has 0 amide bonds. The van der Waals surface area contributed by atoms with Crippen LogP contribution in [0.4, 0.5) is 17.1 Å². The Labute approximate surface area is 483 Å². The topological polar surface area (TPSA) is 8.17 Å². The molecule has 0 radical (unpaired) electrons. The molecule has 0 spiro atoms. The van der Waals surface area contributed by atoms with Gasteiger partial charge in [0.2, 0.25) is 0 Å². The lowest BCUT2D eigenvalue weighted by Gasteiger charge is -2.29. The van der Waals surface area contributed by atoms with Crippen LogP contribution in [-0.4, -0.2) is 4.57 Å². The van der Waals surface area contributed by atoms with Crippen molar-refractivity contribution in [3.63, 3.8) is 0 Å². The van der Waals surface area contributed by atoms with Crippen molar-refractivity contribution in [2.24, 2.45) is 0 Å². The Morgan fingerprint density at radius 2 is 0.878 bits per heavy atom. The average molecular weight is 1060 g/mol. The molecule has 1 aliphatic carbocycles. The largest absolute Gasteiger partial charge is 0.310 e. The van der Waals surface area contributed by atoms with Crippen LogP contribution in [0, 0.1) is 0 Å². The number of hydrogen-bond acceptors (Lipinski definition) is 1. The molecule has 14 rings (SSSR count). The van der Waals surface area contributed by atoms with Gasteiger partial charge in [-0.3, -0.25) is 0 Å². The molecule has 396 valence electrons. The fourth-order valence-electron chi connectivity index (χ4n) is 13.2. The lowest BCUT2D eigenvalue weighted by molar-refractivity contribution is 0.569. The second kappa shape index (κ2) is 19.6. The smallest absolute Gasteiger partial charge is 0.0619 e. The van der Waals surface area contributed by atoms with Crippen molar-refractivity contribution < 1.29 is 0 Å². The van der Waals surface area contributed by atoms with Gasteiger partial charge in [0.1, 0.15) is 0 Å². The molecule has 1 unspecified atom stereocenters. The molecule has 1 atom stereocenters. The lowest BCUT2D eigenvalue weighted by Crippen LogP contribution is -2.22. The Kier molecular flexibility index (Phi) is 12.1. The second-order valence-electron chi connectivity index (χ2n) is 24.6. The molecule has 0 fully saturated rings. The minimum Gasteiger partial charge on any atom is -0.310 e. The standard InChI is InChI=1S/C80H66N2/c1-78(2,3)59-49-57(50-60(52-59)79(4,5)6)64-32-20-23-55-24-21-34-70(76(55)64)68-30-15-18-37-74(68)81(63-46-41-54(42-47-63)65-33-22-35-71-69-31-16-19-38-75(69)82(77(65)71)61-27-12-9-13-28-61)62-44-39-53(40-45-62)56-43-48-67-66-29-14-17-36-72(66)80(7,73(67)51-56)58-25-10-8-11-26-58/h8-52H,1-7H3. The molecule has 1 heterocycles. The zero-order chi connectivity index (χ0) is 55.9. The molecular formula is C80H66N2. The van der Waals surface area contributed by atoms with Gasteiger partial charge in [0.25, 0.3) is 0 Å². The summed E-state index contributed by atoms with van der Waals surface area (Å²) < 4.78 is 2.43. The fourth-order valence-corrected chi connectivity index (χ4v) is 13.2. The minimum atomic E-state index is -0.287. The van der Waals surface area contributed by atoms with Gasteiger partial charge >= 0.3 is 0 Å². The molecule has 0 N–H and O–H groups in total. The molecule has 1 aromatic heterocycles. The van der Waals surface area contributed by atoms with Crippen molar-refractivity contribution in [2.75, 3.05) is 4.90 Å². The number of hydrogen-bond donors (Lipinski definition) is 0. The predicted molar refractivity (Wildman–Crippen MR) is 350 cm³/mol. The summed E-state index contributed by atoms with van der Waals surface area (Å²) in [6.07, 6.45) is 0. The van der Waals surface area contributed by atoms with E-state index in [-0.39, 0.29) is 16.2 Å². The van der Waals surface area contributed by atoms with E-state index in [2.05, 4.69) is 331 Å². The van der Waals surface area contributed by atoms with Crippen molar-refractivity contribution in [2.45, 2.75) is 64.7 Å². The van der Waals surface area contributed by atoms with Crippen molar-refractivity contribution in [1.29, 1.82) is 0 Å². The number of benzene rings is 12. The normalized spacial score (nSPS) is 14.1. The summed E-state index contributed by atoms with van der Waals surface area (Å²) >= 11 is 0. The second-order valence-corrected chi connectivity index (χ2v) is 24.6. The summed E-state index contributed by atoms with van der Waals surface area (Å²) in [4.78, 5) is 2.47. The van der Waals surface area contributed by atoms with Crippen LogP contribution < -0.4 is 4.90 Å². The van der Waals surface area contributed by atoms with E-state index in [1.807, 2.05) is 0 Å². The Morgan fingerprint density at radius 1 is 0.354 bits per heavy atom. The summed E-state index contributed by atoms with van der Waals surface area (Å²) in [6, 6.07) is 102. The van der Waals surface area contributed by atoms with Crippen LogP contribution in [0.5, 0.6) is 0 Å². The highest BCUT2D eigenvalue weighted by Gasteiger charge is 2.41. The van der Waals surface area contributed by atoms with Crippen LogP contribution in [-0.2, 0) is 16.2 Å². The number of aromatic nitrogens is 1. The van der Waals surface area contributed by atoms with E-state index in [0.717, 1.165) is 33.9 Å². The zero-order valence-electron chi connectivity index (χ0n) is 47.9. The van der Waals surface area contributed by atoms with Gasteiger partial charge in [0.15, 0.2) is 0 Å². The summed E-state index contributed by atoms with van der Waals surface area (Å²) in [5, 5.41) is 4.95. The molecule has 12 aromatic carbocycles. The third kappa shape index (κ3) is 8.47. The monoisotopic (exact) mass is 1050 g/mol. The van der Waals surface area contributed by atoms with Gasteiger partial charge in [0.05, 0.1) is 16.7 Å². The summed E-state index contributed by atoms with van der Waals surface area (Å²) in [7, 11) is 0. The molecule has 0 saturated heterocycles. The number of fused-ring (bicyclic) bond motifs is 7. The Bertz CT molecular complexity index is 4530. The minimum absolute atomic E-state index is 0.0242. The maximum Gasteiger partial charge on any atom is 0.0619 e. The average Bonchev–Trinajstić information content (AvgIpc) is 4.17. The third-order valence-corrected chi connectivity index (χ3v) is 17.6. The Balaban J connectivity index is 0.938. The molecule has 0 aliphatic heterocycles. The summed E-state index contributed by atoms with van der Waals surface area (Å²) in [5.74, 6) is 0. The SMILES string of the molecule is CC(C)(C)c1cc(-c2cccc3cccc(-c4ccccc4N(c4ccc(-c5ccc6c(c5)C(C)(c5ccccc5)c5ccccc5-6)cc4)c4ccc(-c5cccc6c7ccccc7n(-c7ccccc7)c56)cc4)c23)cc(C(C)(C)C)c1. The van der Waals surface area contributed by atoms with Gasteiger partial charge in [0, 0.05) is 44.4 Å². The van der Waals surface area contributed by atoms with E-state index in [4.69, 9.17) is 0 Å². The van der Waals surface area contributed by atoms with Crippen LogP contribution in [0.1, 0.15) is 76.3 Å². The van der Waals surface area contributed by atoms with Crippen molar-refractivity contribution in [1.82, 2.24) is 4.57 Å². The molecule has 0 saturated carbocycles. The molecule has 1 aliphatic rings. The maximum atomic E-state index is 2.47. The van der Waals surface area contributed by atoms with Crippen molar-refractivity contribution >= 4 is 49.6 Å². The predicted octanol–water partition coefficient (Wildman–Crippen LogP) is 22.0. The molecule has 82 heavy (non-hydrogen) atoms. The quantitative estimate of drug-likeness (QED) is 0.140. The van der Waals surface area contributed by atoms with E-state index >= 15 is 0 Å². The van der Waals surface area contributed by atoms with E-state index in [1.165, 1.54) is 105 Å². The fraction of sp³-hybridized carbons (Fsp3) is 0.125. The molecular weight excluding hydrogens is 989 g/mol. The first-order valence-electron chi connectivity index (χ1n) is 29.0. The van der Waals surface area contributed by atoms with E-state index in [9.17, 15) is 0 Å². The first-order valence-corrected chi connectivity index (χ1v) is 29.0. The van der Waals surface area contributed by atoms with Crippen LogP contribution in [0.3, 0.4) is 0 Å². The van der Waals surface area contributed by atoms with Gasteiger partial charge in [-0.1, -0.05) is 260 Å². The molecule has 13 aromatic rings. The maximum absolute atomic E-state index is 2.47. The van der Waals surface area contributed by atoms with Gasteiger partial charge in [-0.05, 0) is 155 Å². The van der Waals surface area contributed by atoms with Crippen LogP contribution >= 0.6 is 0 Å².